The Morgan fingerprint density at radius 2 is 1.82 bits per heavy atom. The first-order chi connectivity index (χ1) is 7.91. The van der Waals surface area contributed by atoms with Crippen molar-refractivity contribution in [1.82, 2.24) is 10.6 Å². The van der Waals surface area contributed by atoms with Crippen LogP contribution in [0.15, 0.2) is 11.6 Å². The third-order valence-electron chi connectivity index (χ3n) is 1.82. The maximum absolute atomic E-state index is 11.2. The standard InChI is InChI=1S/C11H18N2O4/c1-8(2)6-7-12-11(17)13-9(14)4-3-5-10(15)16/h6H,3-5,7H2,1-2H3,(H,15,16)(H2,12,13,14,17). The van der Waals surface area contributed by atoms with Gasteiger partial charge in [-0.05, 0) is 20.3 Å². The van der Waals surface area contributed by atoms with Gasteiger partial charge in [-0.15, -0.1) is 0 Å². The number of carbonyl (C=O) groups excluding carboxylic acids is 2. The molecule has 0 saturated heterocycles. The number of allylic oxidation sites excluding steroid dienone is 1. The van der Waals surface area contributed by atoms with Gasteiger partial charge in [-0.1, -0.05) is 11.6 Å². The van der Waals surface area contributed by atoms with Gasteiger partial charge in [-0.2, -0.15) is 0 Å². The first-order valence-electron chi connectivity index (χ1n) is 5.34. The molecule has 0 saturated carbocycles. The SMILES string of the molecule is CC(C)=CCNC(=O)NC(=O)CCCC(=O)O. The lowest BCUT2D eigenvalue weighted by Gasteiger charge is -2.04. The predicted molar refractivity (Wildman–Crippen MR) is 62.5 cm³/mol. The van der Waals surface area contributed by atoms with E-state index in [1.165, 1.54) is 0 Å². The highest BCUT2D eigenvalue weighted by atomic mass is 16.4. The minimum absolute atomic E-state index is 0.0301. The quantitative estimate of drug-likeness (QED) is 0.606. The summed E-state index contributed by atoms with van der Waals surface area (Å²) in [6, 6.07) is -0.567. The average molecular weight is 242 g/mol. The van der Waals surface area contributed by atoms with E-state index in [9.17, 15) is 14.4 Å². The van der Waals surface area contributed by atoms with Crippen molar-refractivity contribution in [2.45, 2.75) is 33.1 Å². The summed E-state index contributed by atoms with van der Waals surface area (Å²) in [5, 5.41) is 13.0. The largest absolute Gasteiger partial charge is 0.481 e. The number of rotatable bonds is 6. The van der Waals surface area contributed by atoms with Crippen molar-refractivity contribution in [3.05, 3.63) is 11.6 Å². The Kier molecular flexibility index (Phi) is 7.41. The molecule has 96 valence electrons. The number of hydrogen-bond acceptors (Lipinski definition) is 3. The Hall–Kier alpha value is -1.85. The van der Waals surface area contributed by atoms with Crippen LogP contribution in [0, 0.1) is 0 Å². The number of carbonyl (C=O) groups is 3. The van der Waals surface area contributed by atoms with E-state index in [0.717, 1.165) is 5.57 Å². The smallest absolute Gasteiger partial charge is 0.321 e. The molecule has 17 heavy (non-hydrogen) atoms. The molecule has 6 heteroatoms. The van der Waals surface area contributed by atoms with E-state index in [1.807, 2.05) is 19.9 Å². The fourth-order valence-corrected chi connectivity index (χ4v) is 0.981. The number of nitrogens with one attached hydrogen (secondary N) is 2. The molecular weight excluding hydrogens is 224 g/mol. The Bertz CT molecular complexity index is 319. The maximum Gasteiger partial charge on any atom is 0.321 e. The number of urea groups is 1. The Morgan fingerprint density at radius 1 is 1.18 bits per heavy atom. The van der Waals surface area contributed by atoms with Crippen molar-refractivity contribution in [2.24, 2.45) is 0 Å². The van der Waals surface area contributed by atoms with Gasteiger partial charge in [0.1, 0.15) is 0 Å². The summed E-state index contributed by atoms with van der Waals surface area (Å²) in [4.78, 5) is 32.5. The molecule has 3 amide bonds. The molecule has 0 radical (unpaired) electrons. The zero-order valence-corrected chi connectivity index (χ0v) is 10.1. The van der Waals surface area contributed by atoms with E-state index in [-0.39, 0.29) is 19.3 Å². The summed E-state index contributed by atoms with van der Waals surface area (Å²) >= 11 is 0. The molecule has 0 fully saturated rings. The molecule has 0 unspecified atom stereocenters. The Balaban J connectivity index is 3.69. The van der Waals surface area contributed by atoms with Crippen LogP contribution in [0.4, 0.5) is 4.79 Å². The van der Waals surface area contributed by atoms with Crippen LogP contribution in [-0.4, -0.2) is 29.6 Å². The summed E-state index contributed by atoms with van der Waals surface area (Å²) in [5.41, 5.74) is 1.07. The molecule has 0 rings (SSSR count). The average Bonchev–Trinajstić information content (AvgIpc) is 2.15. The lowest BCUT2D eigenvalue weighted by atomic mass is 10.2. The van der Waals surface area contributed by atoms with Gasteiger partial charge in [0.25, 0.3) is 0 Å². The highest BCUT2D eigenvalue weighted by Gasteiger charge is 2.07. The van der Waals surface area contributed by atoms with Crippen molar-refractivity contribution in [1.29, 1.82) is 0 Å². The zero-order valence-electron chi connectivity index (χ0n) is 10.1. The highest BCUT2D eigenvalue weighted by molar-refractivity contribution is 5.94. The number of hydrogen-bond donors (Lipinski definition) is 3. The summed E-state index contributed by atoms with van der Waals surface area (Å²) in [6.07, 6.45) is 1.99. The molecule has 3 N–H and O–H groups in total. The van der Waals surface area contributed by atoms with Crippen molar-refractivity contribution in [3.63, 3.8) is 0 Å². The number of carboxylic acids is 1. The molecule has 0 aromatic rings. The third-order valence-corrected chi connectivity index (χ3v) is 1.82. The Morgan fingerprint density at radius 3 is 2.35 bits per heavy atom. The molecule has 6 nitrogen and oxygen atoms in total. The second-order valence-corrected chi connectivity index (χ2v) is 3.79. The van der Waals surface area contributed by atoms with Crippen LogP contribution < -0.4 is 10.6 Å². The molecule has 0 aliphatic carbocycles. The molecule has 0 bridgehead atoms. The van der Waals surface area contributed by atoms with Gasteiger partial charge in [-0.25, -0.2) is 4.79 Å². The number of imide groups is 1. The second kappa shape index (κ2) is 8.32. The summed E-state index contributed by atoms with van der Waals surface area (Å²) in [5.74, 6) is -1.42. The summed E-state index contributed by atoms with van der Waals surface area (Å²) in [7, 11) is 0. The van der Waals surface area contributed by atoms with Crippen molar-refractivity contribution in [2.75, 3.05) is 6.54 Å². The molecule has 0 aliphatic rings. The predicted octanol–water partition coefficient (Wildman–Crippen LogP) is 1.03. The van der Waals surface area contributed by atoms with Gasteiger partial charge >= 0.3 is 12.0 Å². The van der Waals surface area contributed by atoms with E-state index in [2.05, 4.69) is 10.6 Å². The van der Waals surface area contributed by atoms with Crippen LogP contribution >= 0.6 is 0 Å². The van der Waals surface area contributed by atoms with Crippen molar-refractivity contribution >= 4 is 17.9 Å². The molecule has 0 spiro atoms. The van der Waals surface area contributed by atoms with E-state index in [4.69, 9.17) is 5.11 Å². The number of amides is 3. The van der Waals surface area contributed by atoms with Gasteiger partial charge in [0.2, 0.25) is 5.91 Å². The summed E-state index contributed by atoms with van der Waals surface area (Å²) < 4.78 is 0. The summed E-state index contributed by atoms with van der Waals surface area (Å²) in [6.45, 7) is 4.16. The number of aliphatic carboxylic acids is 1. The molecule has 0 aliphatic heterocycles. The molecule has 0 atom stereocenters. The second-order valence-electron chi connectivity index (χ2n) is 3.79. The fourth-order valence-electron chi connectivity index (χ4n) is 0.981. The monoisotopic (exact) mass is 242 g/mol. The van der Waals surface area contributed by atoms with Crippen molar-refractivity contribution < 1.29 is 19.5 Å². The van der Waals surface area contributed by atoms with Crippen LogP contribution in [0.2, 0.25) is 0 Å². The van der Waals surface area contributed by atoms with Crippen LogP contribution in [0.3, 0.4) is 0 Å². The third kappa shape index (κ3) is 10.4. The van der Waals surface area contributed by atoms with Crippen LogP contribution in [0.25, 0.3) is 0 Å². The lowest BCUT2D eigenvalue weighted by Crippen LogP contribution is -2.39. The molecular formula is C11H18N2O4. The minimum atomic E-state index is -0.953. The highest BCUT2D eigenvalue weighted by Crippen LogP contribution is 1.94. The lowest BCUT2D eigenvalue weighted by molar-refractivity contribution is -0.137. The topological polar surface area (TPSA) is 95.5 Å². The van der Waals surface area contributed by atoms with Gasteiger partial charge in [0, 0.05) is 19.4 Å². The maximum atomic E-state index is 11.2. The molecule has 0 heterocycles. The Labute approximate surface area is 100 Å². The first-order valence-corrected chi connectivity index (χ1v) is 5.34. The van der Waals surface area contributed by atoms with E-state index in [1.54, 1.807) is 0 Å². The van der Waals surface area contributed by atoms with Crippen molar-refractivity contribution in [3.8, 4) is 0 Å². The zero-order chi connectivity index (χ0) is 13.3. The van der Waals surface area contributed by atoms with Crippen LogP contribution in [0.1, 0.15) is 33.1 Å². The van der Waals surface area contributed by atoms with Gasteiger partial charge in [0.05, 0.1) is 0 Å². The first kappa shape index (κ1) is 15.2. The normalized spacial score (nSPS) is 9.29. The molecule has 0 aromatic carbocycles. The van der Waals surface area contributed by atoms with Gasteiger partial charge < -0.3 is 10.4 Å². The molecule has 0 aromatic heterocycles. The van der Waals surface area contributed by atoms with Gasteiger partial charge in [-0.3, -0.25) is 14.9 Å². The van der Waals surface area contributed by atoms with Gasteiger partial charge in [0.15, 0.2) is 0 Å². The van der Waals surface area contributed by atoms with E-state index >= 15 is 0 Å². The fraction of sp³-hybridized carbons (Fsp3) is 0.545. The van der Waals surface area contributed by atoms with Crippen LogP contribution in [-0.2, 0) is 9.59 Å². The van der Waals surface area contributed by atoms with E-state index in [0.29, 0.717) is 6.54 Å². The van der Waals surface area contributed by atoms with Crippen LogP contribution in [0.5, 0.6) is 0 Å². The van der Waals surface area contributed by atoms with E-state index < -0.39 is 17.9 Å². The number of carboxylic acid groups (broad SMARTS) is 1. The minimum Gasteiger partial charge on any atom is -0.481 e.